The SMILES string of the molecule is Cc1cnc(CNc2ncnc(Cl)c2Br)cn1. The third-order valence-corrected chi connectivity index (χ3v) is 3.28. The lowest BCUT2D eigenvalue weighted by molar-refractivity contribution is 0.970. The van der Waals surface area contributed by atoms with Crippen molar-refractivity contribution in [3.8, 4) is 0 Å². The molecule has 0 unspecified atom stereocenters. The first-order valence-electron chi connectivity index (χ1n) is 4.84. The Kier molecular flexibility index (Phi) is 3.86. The molecule has 0 fully saturated rings. The van der Waals surface area contributed by atoms with Crippen molar-refractivity contribution < 1.29 is 0 Å². The van der Waals surface area contributed by atoms with Gasteiger partial charge in [0, 0.05) is 6.20 Å². The molecule has 88 valence electrons. The van der Waals surface area contributed by atoms with Gasteiger partial charge in [-0.25, -0.2) is 9.97 Å². The van der Waals surface area contributed by atoms with Crippen molar-refractivity contribution in [1.82, 2.24) is 19.9 Å². The Morgan fingerprint density at radius 2 is 2.06 bits per heavy atom. The molecule has 2 aromatic heterocycles. The van der Waals surface area contributed by atoms with E-state index in [4.69, 9.17) is 11.6 Å². The van der Waals surface area contributed by atoms with Gasteiger partial charge in [-0.3, -0.25) is 9.97 Å². The zero-order valence-electron chi connectivity index (χ0n) is 8.98. The standard InChI is InChI=1S/C10H9BrClN5/c1-6-2-14-7(3-13-6)4-15-10-8(11)9(12)16-5-17-10/h2-3,5H,4H2,1H3,(H,15,16,17). The van der Waals surface area contributed by atoms with Gasteiger partial charge < -0.3 is 5.32 Å². The normalized spacial score (nSPS) is 10.3. The van der Waals surface area contributed by atoms with E-state index >= 15 is 0 Å². The maximum atomic E-state index is 5.85. The number of hydrogen-bond donors (Lipinski definition) is 1. The monoisotopic (exact) mass is 313 g/mol. The molecule has 2 heterocycles. The summed E-state index contributed by atoms with van der Waals surface area (Å²) in [5.41, 5.74) is 1.72. The molecule has 0 amide bonds. The maximum absolute atomic E-state index is 5.85. The lowest BCUT2D eigenvalue weighted by Crippen LogP contribution is -2.05. The molecule has 0 bridgehead atoms. The van der Waals surface area contributed by atoms with E-state index in [1.54, 1.807) is 12.4 Å². The summed E-state index contributed by atoms with van der Waals surface area (Å²) in [5.74, 6) is 0.632. The Morgan fingerprint density at radius 1 is 1.24 bits per heavy atom. The summed E-state index contributed by atoms with van der Waals surface area (Å²) in [7, 11) is 0. The highest BCUT2D eigenvalue weighted by molar-refractivity contribution is 9.10. The van der Waals surface area contributed by atoms with Crippen molar-refractivity contribution in [2.45, 2.75) is 13.5 Å². The molecule has 0 spiro atoms. The van der Waals surface area contributed by atoms with Crippen LogP contribution in [0.25, 0.3) is 0 Å². The van der Waals surface area contributed by atoms with Crippen molar-refractivity contribution in [3.05, 3.63) is 39.7 Å². The third kappa shape index (κ3) is 3.10. The van der Waals surface area contributed by atoms with Crippen molar-refractivity contribution in [3.63, 3.8) is 0 Å². The number of nitrogens with one attached hydrogen (secondary N) is 1. The fourth-order valence-electron chi connectivity index (χ4n) is 1.16. The summed E-state index contributed by atoms with van der Waals surface area (Å²) in [6, 6.07) is 0. The summed E-state index contributed by atoms with van der Waals surface area (Å²) in [6.07, 6.45) is 4.84. The minimum absolute atomic E-state index is 0.373. The Labute approximate surface area is 112 Å². The van der Waals surface area contributed by atoms with Crippen LogP contribution < -0.4 is 5.32 Å². The first kappa shape index (κ1) is 12.2. The summed E-state index contributed by atoms with van der Waals surface area (Å²) < 4.78 is 0.640. The quantitative estimate of drug-likeness (QED) is 0.882. The number of aryl methyl sites for hydroxylation is 1. The first-order valence-corrected chi connectivity index (χ1v) is 6.01. The summed E-state index contributed by atoms with van der Waals surface area (Å²) in [6.45, 7) is 2.42. The third-order valence-electron chi connectivity index (χ3n) is 2.02. The van der Waals surface area contributed by atoms with E-state index in [1.807, 2.05) is 6.92 Å². The Balaban J connectivity index is 2.07. The zero-order valence-corrected chi connectivity index (χ0v) is 11.3. The van der Waals surface area contributed by atoms with Crippen LogP contribution in [-0.4, -0.2) is 19.9 Å². The molecule has 0 aromatic carbocycles. The minimum Gasteiger partial charge on any atom is -0.363 e. The molecular formula is C10H9BrClN5. The number of nitrogens with zero attached hydrogens (tertiary/aromatic N) is 4. The highest BCUT2D eigenvalue weighted by Gasteiger charge is 2.06. The summed E-state index contributed by atoms with van der Waals surface area (Å²) in [5, 5.41) is 3.48. The first-order chi connectivity index (χ1) is 8.16. The maximum Gasteiger partial charge on any atom is 0.148 e. The fraction of sp³-hybridized carbons (Fsp3) is 0.200. The van der Waals surface area contributed by atoms with E-state index in [9.17, 15) is 0 Å². The molecule has 7 heteroatoms. The van der Waals surface area contributed by atoms with Gasteiger partial charge in [0.25, 0.3) is 0 Å². The number of halogens is 2. The number of hydrogen-bond acceptors (Lipinski definition) is 5. The topological polar surface area (TPSA) is 63.6 Å². The molecule has 0 saturated heterocycles. The highest BCUT2D eigenvalue weighted by Crippen LogP contribution is 2.26. The average molecular weight is 315 g/mol. The number of anilines is 1. The van der Waals surface area contributed by atoms with Crippen molar-refractivity contribution in [2.24, 2.45) is 0 Å². The molecule has 0 aliphatic carbocycles. The van der Waals surface area contributed by atoms with Crippen LogP contribution in [0.5, 0.6) is 0 Å². The molecule has 0 radical (unpaired) electrons. The van der Waals surface area contributed by atoms with Gasteiger partial charge in [0.1, 0.15) is 17.3 Å². The minimum atomic E-state index is 0.373. The van der Waals surface area contributed by atoms with Crippen LogP contribution in [0.15, 0.2) is 23.2 Å². The summed E-state index contributed by atoms with van der Waals surface area (Å²) >= 11 is 9.16. The van der Waals surface area contributed by atoms with Gasteiger partial charge >= 0.3 is 0 Å². The van der Waals surface area contributed by atoms with Crippen LogP contribution in [0.2, 0.25) is 5.15 Å². The smallest absolute Gasteiger partial charge is 0.148 e. The second-order valence-electron chi connectivity index (χ2n) is 3.33. The molecular weight excluding hydrogens is 306 g/mol. The van der Waals surface area contributed by atoms with E-state index in [2.05, 4.69) is 41.2 Å². The van der Waals surface area contributed by atoms with Crippen molar-refractivity contribution in [2.75, 3.05) is 5.32 Å². The number of aromatic nitrogens is 4. The summed E-state index contributed by atoms with van der Waals surface area (Å²) in [4.78, 5) is 16.3. The largest absolute Gasteiger partial charge is 0.363 e. The molecule has 0 saturated carbocycles. The molecule has 2 rings (SSSR count). The van der Waals surface area contributed by atoms with Crippen LogP contribution in [0.4, 0.5) is 5.82 Å². The molecule has 17 heavy (non-hydrogen) atoms. The zero-order chi connectivity index (χ0) is 12.3. The second kappa shape index (κ2) is 5.37. The highest BCUT2D eigenvalue weighted by atomic mass is 79.9. The lowest BCUT2D eigenvalue weighted by atomic mass is 10.4. The van der Waals surface area contributed by atoms with Gasteiger partial charge in [0.15, 0.2) is 0 Å². The van der Waals surface area contributed by atoms with Crippen LogP contribution in [0.1, 0.15) is 11.4 Å². The van der Waals surface area contributed by atoms with Crippen LogP contribution in [0, 0.1) is 6.92 Å². The van der Waals surface area contributed by atoms with Crippen LogP contribution in [-0.2, 0) is 6.54 Å². The van der Waals surface area contributed by atoms with Gasteiger partial charge in [-0.05, 0) is 22.9 Å². The predicted octanol–water partition coefficient (Wildman–Crippen LogP) is 2.60. The molecule has 0 aliphatic rings. The van der Waals surface area contributed by atoms with Gasteiger partial charge in [-0.1, -0.05) is 11.6 Å². The molecule has 2 aromatic rings. The lowest BCUT2D eigenvalue weighted by Gasteiger charge is -2.07. The molecule has 0 aliphatic heterocycles. The van der Waals surface area contributed by atoms with Crippen LogP contribution in [0.3, 0.4) is 0 Å². The van der Waals surface area contributed by atoms with Gasteiger partial charge in [-0.15, -0.1) is 0 Å². The number of rotatable bonds is 3. The Morgan fingerprint density at radius 3 is 2.76 bits per heavy atom. The predicted molar refractivity (Wildman–Crippen MR) is 68.8 cm³/mol. The second-order valence-corrected chi connectivity index (χ2v) is 4.48. The van der Waals surface area contributed by atoms with Crippen LogP contribution >= 0.6 is 27.5 Å². The van der Waals surface area contributed by atoms with Gasteiger partial charge in [0.05, 0.1) is 28.6 Å². The average Bonchev–Trinajstić information content (AvgIpc) is 2.33. The van der Waals surface area contributed by atoms with E-state index in [1.165, 1.54) is 6.33 Å². The van der Waals surface area contributed by atoms with Gasteiger partial charge in [-0.2, -0.15) is 0 Å². The fourth-order valence-corrected chi connectivity index (χ4v) is 1.63. The van der Waals surface area contributed by atoms with E-state index < -0.39 is 0 Å². The Bertz CT molecular complexity index is 517. The molecule has 1 N–H and O–H groups in total. The molecule has 5 nitrogen and oxygen atoms in total. The van der Waals surface area contributed by atoms with Gasteiger partial charge in [0.2, 0.25) is 0 Å². The van der Waals surface area contributed by atoms with E-state index in [0.717, 1.165) is 11.4 Å². The Hall–Kier alpha value is -1.27. The molecule has 0 atom stereocenters. The van der Waals surface area contributed by atoms with Crippen molar-refractivity contribution >= 4 is 33.3 Å². The van der Waals surface area contributed by atoms with Crippen molar-refractivity contribution in [1.29, 1.82) is 0 Å². The van der Waals surface area contributed by atoms with E-state index in [0.29, 0.717) is 22.0 Å². The van der Waals surface area contributed by atoms with E-state index in [-0.39, 0.29) is 0 Å².